The van der Waals surface area contributed by atoms with Crippen LogP contribution in [0.25, 0.3) is 10.9 Å². The smallest absolute Gasteiger partial charge is 0.103 e. The Morgan fingerprint density at radius 1 is 1.33 bits per heavy atom. The molecule has 2 aromatic rings. The van der Waals surface area contributed by atoms with Gasteiger partial charge in [-0.3, -0.25) is 4.98 Å². The number of hydrogen-bond donors (Lipinski definition) is 2. The number of aliphatic hydroxyl groups is 1. The molecule has 1 aromatic carbocycles. The molecule has 1 aliphatic rings. The van der Waals surface area contributed by atoms with Crippen LogP contribution >= 0.6 is 0 Å². The van der Waals surface area contributed by atoms with Crippen LogP contribution in [0.4, 0.5) is 5.69 Å². The maximum Gasteiger partial charge on any atom is 0.103 e. The Morgan fingerprint density at radius 3 is 2.81 bits per heavy atom. The molecular weight excluding hydrogens is 266 g/mol. The summed E-state index contributed by atoms with van der Waals surface area (Å²) in [6, 6.07) is 9.88. The predicted octanol–water partition coefficient (Wildman–Crippen LogP) is 2.06. The number of fused-ring (bicyclic) bond motifs is 1. The Morgan fingerprint density at radius 2 is 2.10 bits per heavy atom. The number of nitriles is 1. The number of rotatable bonds is 3. The minimum Gasteiger partial charge on any atom is -0.394 e. The normalized spacial score (nSPS) is 17.3. The molecule has 5 nitrogen and oxygen atoms in total. The Labute approximate surface area is 123 Å². The van der Waals surface area contributed by atoms with E-state index in [0.29, 0.717) is 31.6 Å². The minimum atomic E-state index is -0.437. The molecule has 1 aromatic heterocycles. The number of nitrogens with one attached hydrogen (secondary N) is 1. The van der Waals surface area contributed by atoms with E-state index in [4.69, 9.17) is 4.74 Å². The summed E-state index contributed by atoms with van der Waals surface area (Å²) in [5.74, 6) is 0. The van der Waals surface area contributed by atoms with Crippen LogP contribution in [0.5, 0.6) is 0 Å². The van der Waals surface area contributed by atoms with E-state index in [1.165, 1.54) is 0 Å². The van der Waals surface area contributed by atoms with Crippen molar-refractivity contribution in [3.05, 3.63) is 36.0 Å². The summed E-state index contributed by atoms with van der Waals surface area (Å²) in [6.45, 7) is 1.23. The lowest BCUT2D eigenvalue weighted by Gasteiger charge is -2.37. The molecule has 3 rings (SSSR count). The molecule has 0 radical (unpaired) electrons. The number of para-hydroxylation sites is 1. The molecule has 2 N–H and O–H groups in total. The fraction of sp³-hybridized carbons (Fsp3) is 0.375. The summed E-state index contributed by atoms with van der Waals surface area (Å²) in [5, 5.41) is 23.5. The van der Waals surface area contributed by atoms with Crippen LogP contribution in [0.15, 0.2) is 30.5 Å². The lowest BCUT2D eigenvalue weighted by atomic mass is 9.90. The van der Waals surface area contributed by atoms with Crippen LogP contribution in [0, 0.1) is 11.3 Å². The van der Waals surface area contributed by atoms with Crippen molar-refractivity contribution in [1.29, 1.82) is 5.26 Å². The SMILES string of the molecule is N#Cc1cnc2ccccc2c1NC1(CO)CCOCC1. The van der Waals surface area contributed by atoms with Crippen LogP contribution in [0.2, 0.25) is 0 Å². The first kappa shape index (κ1) is 13.8. The molecule has 108 valence electrons. The third-order valence-electron chi connectivity index (χ3n) is 4.04. The maximum absolute atomic E-state index is 9.82. The Bertz CT molecular complexity index is 687. The average molecular weight is 283 g/mol. The van der Waals surface area contributed by atoms with Crippen LogP contribution in [-0.2, 0) is 4.74 Å². The number of benzene rings is 1. The summed E-state index contributed by atoms with van der Waals surface area (Å²) in [5.41, 5.74) is 1.64. The molecule has 0 amide bonds. The van der Waals surface area contributed by atoms with Crippen molar-refractivity contribution in [2.75, 3.05) is 25.1 Å². The molecule has 0 unspecified atom stereocenters. The highest BCUT2D eigenvalue weighted by molar-refractivity contribution is 5.94. The van der Waals surface area contributed by atoms with Gasteiger partial charge in [0.1, 0.15) is 6.07 Å². The first-order chi connectivity index (χ1) is 10.3. The molecular formula is C16H17N3O2. The number of ether oxygens (including phenoxy) is 1. The predicted molar refractivity (Wildman–Crippen MR) is 80.0 cm³/mol. The lowest BCUT2D eigenvalue weighted by molar-refractivity contribution is 0.0380. The second kappa shape index (κ2) is 5.68. The second-order valence-electron chi connectivity index (χ2n) is 5.35. The van der Waals surface area contributed by atoms with Crippen LogP contribution in [-0.4, -0.2) is 35.5 Å². The van der Waals surface area contributed by atoms with Gasteiger partial charge in [0.15, 0.2) is 0 Å². The molecule has 0 spiro atoms. The fourth-order valence-corrected chi connectivity index (χ4v) is 2.71. The third kappa shape index (κ3) is 2.56. The van der Waals surface area contributed by atoms with Gasteiger partial charge in [0.25, 0.3) is 0 Å². The first-order valence-electron chi connectivity index (χ1n) is 7.03. The van der Waals surface area contributed by atoms with Gasteiger partial charge in [0.05, 0.1) is 28.9 Å². The summed E-state index contributed by atoms with van der Waals surface area (Å²) < 4.78 is 5.38. The number of anilines is 1. The topological polar surface area (TPSA) is 78.2 Å². The largest absolute Gasteiger partial charge is 0.394 e. The Kier molecular flexibility index (Phi) is 3.74. The van der Waals surface area contributed by atoms with Crippen molar-refractivity contribution in [2.45, 2.75) is 18.4 Å². The van der Waals surface area contributed by atoms with Crippen molar-refractivity contribution in [1.82, 2.24) is 4.98 Å². The van der Waals surface area contributed by atoms with E-state index in [0.717, 1.165) is 16.6 Å². The summed E-state index contributed by atoms with van der Waals surface area (Å²) in [4.78, 5) is 4.30. The zero-order chi connectivity index (χ0) is 14.7. The van der Waals surface area contributed by atoms with Crippen molar-refractivity contribution < 1.29 is 9.84 Å². The standard InChI is InChI=1S/C16H17N3O2/c17-9-12-10-18-14-4-2-1-3-13(14)15(12)19-16(11-20)5-7-21-8-6-16/h1-4,10,20H,5-8,11H2,(H,18,19). The molecule has 0 atom stereocenters. The van der Waals surface area contributed by atoms with Gasteiger partial charge in [0, 0.05) is 24.8 Å². The number of nitrogens with zero attached hydrogens (tertiary/aromatic N) is 2. The van der Waals surface area contributed by atoms with Gasteiger partial charge in [-0.2, -0.15) is 5.26 Å². The molecule has 1 aliphatic heterocycles. The van der Waals surface area contributed by atoms with E-state index in [1.807, 2.05) is 24.3 Å². The quantitative estimate of drug-likeness (QED) is 0.901. The van der Waals surface area contributed by atoms with Gasteiger partial charge in [-0.1, -0.05) is 18.2 Å². The van der Waals surface area contributed by atoms with E-state index in [-0.39, 0.29) is 6.61 Å². The minimum absolute atomic E-state index is 0.0118. The highest BCUT2D eigenvalue weighted by atomic mass is 16.5. The number of pyridine rings is 1. The fourth-order valence-electron chi connectivity index (χ4n) is 2.71. The van der Waals surface area contributed by atoms with Gasteiger partial charge in [0.2, 0.25) is 0 Å². The highest BCUT2D eigenvalue weighted by Gasteiger charge is 2.33. The molecule has 1 fully saturated rings. The van der Waals surface area contributed by atoms with Crippen molar-refractivity contribution in [3.8, 4) is 6.07 Å². The molecule has 0 aliphatic carbocycles. The van der Waals surface area contributed by atoms with Crippen molar-refractivity contribution in [3.63, 3.8) is 0 Å². The Hall–Kier alpha value is -2.16. The number of hydrogen-bond acceptors (Lipinski definition) is 5. The van der Waals surface area contributed by atoms with Gasteiger partial charge < -0.3 is 15.2 Å². The highest BCUT2D eigenvalue weighted by Crippen LogP contribution is 2.32. The van der Waals surface area contributed by atoms with Gasteiger partial charge in [-0.15, -0.1) is 0 Å². The lowest BCUT2D eigenvalue weighted by Crippen LogP contribution is -2.47. The van der Waals surface area contributed by atoms with E-state index in [2.05, 4.69) is 16.4 Å². The van der Waals surface area contributed by atoms with Crippen molar-refractivity contribution >= 4 is 16.6 Å². The second-order valence-corrected chi connectivity index (χ2v) is 5.35. The van der Waals surface area contributed by atoms with E-state index < -0.39 is 5.54 Å². The molecule has 0 saturated carbocycles. The summed E-state index contributed by atoms with van der Waals surface area (Å²) in [7, 11) is 0. The van der Waals surface area contributed by atoms with Gasteiger partial charge in [-0.25, -0.2) is 0 Å². The molecule has 0 bridgehead atoms. The summed E-state index contributed by atoms with van der Waals surface area (Å²) >= 11 is 0. The molecule has 2 heterocycles. The number of aliphatic hydroxyl groups excluding tert-OH is 1. The molecule has 21 heavy (non-hydrogen) atoms. The average Bonchev–Trinajstić information content (AvgIpc) is 2.56. The van der Waals surface area contributed by atoms with Crippen LogP contribution in [0.1, 0.15) is 18.4 Å². The number of aromatic nitrogens is 1. The zero-order valence-electron chi connectivity index (χ0n) is 11.7. The molecule has 5 heteroatoms. The molecule has 1 saturated heterocycles. The Balaban J connectivity index is 2.08. The summed E-state index contributed by atoms with van der Waals surface area (Å²) in [6.07, 6.45) is 3.01. The monoisotopic (exact) mass is 283 g/mol. The van der Waals surface area contributed by atoms with Crippen LogP contribution < -0.4 is 5.32 Å². The van der Waals surface area contributed by atoms with Gasteiger partial charge >= 0.3 is 0 Å². The van der Waals surface area contributed by atoms with E-state index in [9.17, 15) is 10.4 Å². The maximum atomic E-state index is 9.82. The van der Waals surface area contributed by atoms with Gasteiger partial charge in [-0.05, 0) is 18.9 Å². The first-order valence-corrected chi connectivity index (χ1v) is 7.03. The van der Waals surface area contributed by atoms with Crippen molar-refractivity contribution in [2.24, 2.45) is 0 Å². The van der Waals surface area contributed by atoms with Crippen LogP contribution in [0.3, 0.4) is 0 Å². The van der Waals surface area contributed by atoms with E-state index >= 15 is 0 Å². The van der Waals surface area contributed by atoms with E-state index in [1.54, 1.807) is 6.20 Å². The zero-order valence-corrected chi connectivity index (χ0v) is 11.7. The third-order valence-corrected chi connectivity index (χ3v) is 4.04.